The molecule has 0 aliphatic heterocycles. The lowest BCUT2D eigenvalue weighted by atomic mass is 9.94. The van der Waals surface area contributed by atoms with Crippen molar-refractivity contribution in [3.8, 4) is 5.75 Å². The van der Waals surface area contributed by atoms with Crippen LogP contribution in [0.3, 0.4) is 0 Å². The van der Waals surface area contributed by atoms with Crippen molar-refractivity contribution in [1.82, 2.24) is 0 Å². The first kappa shape index (κ1) is 28.7. The number of aliphatic hydroxyl groups is 3. The molecule has 0 amide bonds. The van der Waals surface area contributed by atoms with Crippen LogP contribution in [0, 0.1) is 0 Å². The van der Waals surface area contributed by atoms with Crippen molar-refractivity contribution in [2.45, 2.75) is 43.8 Å². The molecule has 0 unspecified atom stereocenters. The summed E-state index contributed by atoms with van der Waals surface area (Å²) in [5.74, 6) is -0.224. The van der Waals surface area contributed by atoms with Gasteiger partial charge in [0.1, 0.15) is 5.75 Å². The Morgan fingerprint density at radius 3 is 1.88 bits per heavy atom. The summed E-state index contributed by atoms with van der Waals surface area (Å²) in [7, 11) is 0. The van der Waals surface area contributed by atoms with E-state index in [4.69, 9.17) is 21.1 Å². The molecule has 186 valence electrons. The number of aryl methyl sites for hydroxylation is 2. The predicted octanol–water partition coefficient (Wildman–Crippen LogP) is 3.83. The molecule has 5 nitrogen and oxygen atoms in total. The van der Waals surface area contributed by atoms with Gasteiger partial charge in [-0.2, -0.15) is 13.2 Å². The van der Waals surface area contributed by atoms with E-state index in [1.165, 1.54) is 30.3 Å². The Hall–Kier alpha value is -2.34. The van der Waals surface area contributed by atoms with Crippen molar-refractivity contribution in [3.05, 3.63) is 65.2 Å². The molecule has 0 bridgehead atoms. The van der Waals surface area contributed by atoms with Gasteiger partial charge in [-0.3, -0.25) is 0 Å². The number of alkyl halides is 6. The smallest absolute Gasteiger partial charge is 0.406 e. The van der Waals surface area contributed by atoms with Gasteiger partial charge in [-0.1, -0.05) is 24.3 Å². The van der Waals surface area contributed by atoms with E-state index in [-0.39, 0.29) is 25.6 Å². The van der Waals surface area contributed by atoms with E-state index < -0.39 is 23.6 Å². The van der Waals surface area contributed by atoms with Crippen LogP contribution in [-0.2, 0) is 19.0 Å². The Labute approximate surface area is 187 Å². The quantitative estimate of drug-likeness (QED) is 0.407. The monoisotopic (exact) mass is 483 g/mol. The summed E-state index contributed by atoms with van der Waals surface area (Å²) in [4.78, 5) is 0. The Balaban J connectivity index is 0.000000335. The van der Waals surface area contributed by atoms with Gasteiger partial charge in [0, 0.05) is 6.61 Å². The molecule has 0 aliphatic rings. The summed E-state index contributed by atoms with van der Waals surface area (Å²) in [6, 6.07) is 10.5. The van der Waals surface area contributed by atoms with E-state index in [2.05, 4.69) is 4.74 Å². The van der Waals surface area contributed by atoms with Gasteiger partial charge in [0.25, 0.3) is 0 Å². The molecule has 0 saturated heterocycles. The first-order chi connectivity index (χ1) is 15.3. The molecule has 0 aliphatic carbocycles. The van der Waals surface area contributed by atoms with Gasteiger partial charge < -0.3 is 25.8 Å². The Morgan fingerprint density at radius 1 is 0.788 bits per heavy atom. The third-order valence-electron chi connectivity index (χ3n) is 4.58. The van der Waals surface area contributed by atoms with Crippen molar-refractivity contribution >= 4 is 0 Å². The van der Waals surface area contributed by atoms with Crippen molar-refractivity contribution < 1.29 is 46.4 Å². The third-order valence-corrected chi connectivity index (χ3v) is 4.58. The Bertz CT molecular complexity index is 821. The summed E-state index contributed by atoms with van der Waals surface area (Å²) >= 11 is 0. The van der Waals surface area contributed by atoms with Crippen LogP contribution in [0.15, 0.2) is 48.5 Å². The highest BCUT2D eigenvalue weighted by molar-refractivity contribution is 5.28. The van der Waals surface area contributed by atoms with Crippen LogP contribution in [0.25, 0.3) is 0 Å². The van der Waals surface area contributed by atoms with E-state index in [1.54, 1.807) is 6.07 Å². The van der Waals surface area contributed by atoms with E-state index in [1.807, 2.05) is 0 Å². The molecule has 0 radical (unpaired) electrons. The van der Waals surface area contributed by atoms with Crippen LogP contribution in [0.4, 0.5) is 26.3 Å². The fourth-order valence-corrected chi connectivity index (χ4v) is 2.64. The molecule has 0 saturated carbocycles. The van der Waals surface area contributed by atoms with Crippen molar-refractivity contribution in [2.75, 3.05) is 19.8 Å². The number of halogens is 6. The van der Waals surface area contributed by atoms with Crippen LogP contribution in [0.1, 0.15) is 29.5 Å². The maximum Gasteiger partial charge on any atom is 0.573 e. The maximum absolute atomic E-state index is 12.3. The lowest BCUT2D eigenvalue weighted by Gasteiger charge is -2.24. The zero-order valence-corrected chi connectivity index (χ0v) is 17.7. The Kier molecular flexibility index (Phi) is 11.1. The average Bonchev–Trinajstić information content (AvgIpc) is 2.75. The lowest BCUT2D eigenvalue weighted by molar-refractivity contribution is -0.274. The molecule has 11 heteroatoms. The standard InChI is InChI=1S/C12H16F3NO2.C10H11F3O2/c13-12(14,15)10-3-1-9(2-4-10)5-6-11(16,7-17)8-18;11-10(12,13)15-9-5-1-3-8(7-9)4-2-6-14/h1-4,17-18H,5-8,16H2;1,3,5,7,14H,2,4,6H2. The Morgan fingerprint density at radius 2 is 1.39 bits per heavy atom. The largest absolute Gasteiger partial charge is 0.573 e. The zero-order chi connectivity index (χ0) is 25.1. The molecule has 0 spiro atoms. The summed E-state index contributed by atoms with van der Waals surface area (Å²) in [5, 5.41) is 26.5. The first-order valence-corrected chi connectivity index (χ1v) is 9.94. The van der Waals surface area contributed by atoms with Crippen LogP contribution in [0.2, 0.25) is 0 Å². The minimum Gasteiger partial charge on any atom is -0.406 e. The SMILES string of the molecule is NC(CO)(CO)CCc1ccc(C(F)(F)F)cc1.OCCCc1cccc(OC(F)(F)F)c1. The summed E-state index contributed by atoms with van der Waals surface area (Å²) in [5.41, 5.74) is 5.26. The van der Waals surface area contributed by atoms with Crippen molar-refractivity contribution in [2.24, 2.45) is 5.73 Å². The number of aliphatic hydroxyl groups excluding tert-OH is 3. The number of nitrogens with two attached hydrogens (primary N) is 1. The minimum absolute atomic E-state index is 0.0182. The second kappa shape index (κ2) is 12.8. The number of hydrogen-bond acceptors (Lipinski definition) is 5. The van der Waals surface area contributed by atoms with E-state index >= 15 is 0 Å². The molecule has 0 fully saturated rings. The van der Waals surface area contributed by atoms with Gasteiger partial charge >= 0.3 is 12.5 Å². The summed E-state index contributed by atoms with van der Waals surface area (Å²) in [6.07, 6.45) is -7.25. The molecule has 33 heavy (non-hydrogen) atoms. The molecule has 2 aromatic rings. The molecule has 2 rings (SSSR count). The van der Waals surface area contributed by atoms with Gasteiger partial charge in [-0.05, 0) is 61.1 Å². The zero-order valence-electron chi connectivity index (χ0n) is 17.7. The van der Waals surface area contributed by atoms with E-state index in [0.29, 0.717) is 36.8 Å². The van der Waals surface area contributed by atoms with Crippen LogP contribution >= 0.6 is 0 Å². The molecule has 0 atom stereocenters. The number of ether oxygens (including phenoxy) is 1. The van der Waals surface area contributed by atoms with Gasteiger partial charge in [0.15, 0.2) is 0 Å². The van der Waals surface area contributed by atoms with Gasteiger partial charge in [0.2, 0.25) is 0 Å². The highest BCUT2D eigenvalue weighted by Crippen LogP contribution is 2.29. The van der Waals surface area contributed by atoms with Gasteiger partial charge in [0.05, 0.1) is 24.3 Å². The van der Waals surface area contributed by atoms with Gasteiger partial charge in [-0.15, -0.1) is 13.2 Å². The molecule has 2 aromatic carbocycles. The van der Waals surface area contributed by atoms with Crippen molar-refractivity contribution in [3.63, 3.8) is 0 Å². The van der Waals surface area contributed by atoms with Crippen LogP contribution < -0.4 is 10.5 Å². The lowest BCUT2D eigenvalue weighted by Crippen LogP contribution is -2.47. The summed E-state index contributed by atoms with van der Waals surface area (Å²) < 4.78 is 76.3. The van der Waals surface area contributed by atoms with E-state index in [0.717, 1.165) is 12.1 Å². The third kappa shape index (κ3) is 11.4. The highest BCUT2D eigenvalue weighted by atomic mass is 19.4. The number of benzene rings is 2. The van der Waals surface area contributed by atoms with Crippen LogP contribution in [0.5, 0.6) is 5.75 Å². The maximum atomic E-state index is 12.3. The molecule has 0 heterocycles. The number of rotatable bonds is 9. The fraction of sp³-hybridized carbons (Fsp3) is 0.455. The average molecular weight is 483 g/mol. The highest BCUT2D eigenvalue weighted by Gasteiger charge is 2.31. The first-order valence-electron chi connectivity index (χ1n) is 9.94. The fourth-order valence-electron chi connectivity index (χ4n) is 2.64. The number of hydrogen-bond donors (Lipinski definition) is 4. The molecular formula is C22H27F6NO4. The second-order valence-corrected chi connectivity index (χ2v) is 7.40. The normalized spacial score (nSPS) is 12.2. The second-order valence-electron chi connectivity index (χ2n) is 7.40. The minimum atomic E-state index is -4.66. The molecule has 0 aromatic heterocycles. The van der Waals surface area contributed by atoms with E-state index in [9.17, 15) is 26.3 Å². The molecule has 5 N–H and O–H groups in total. The van der Waals surface area contributed by atoms with Crippen molar-refractivity contribution in [1.29, 1.82) is 0 Å². The van der Waals surface area contributed by atoms with Crippen LogP contribution in [-0.4, -0.2) is 47.0 Å². The molecular weight excluding hydrogens is 456 g/mol. The topological polar surface area (TPSA) is 95.9 Å². The predicted molar refractivity (Wildman–Crippen MR) is 109 cm³/mol. The summed E-state index contributed by atoms with van der Waals surface area (Å²) in [6.45, 7) is -0.724. The van der Waals surface area contributed by atoms with Gasteiger partial charge in [-0.25, -0.2) is 0 Å².